The van der Waals surface area contributed by atoms with Crippen molar-refractivity contribution >= 4 is 15.7 Å². The number of ether oxygens (including phenoxy) is 1. The quantitative estimate of drug-likeness (QED) is 0.811. The van der Waals surface area contributed by atoms with E-state index < -0.39 is 10.0 Å². The van der Waals surface area contributed by atoms with Crippen molar-refractivity contribution in [3.8, 4) is 5.75 Å². The second kappa shape index (κ2) is 6.25. The maximum absolute atomic E-state index is 12.4. The second-order valence-electron chi connectivity index (χ2n) is 4.70. The molecule has 5 nitrogen and oxygen atoms in total. The zero-order valence-corrected chi connectivity index (χ0v) is 12.7. The van der Waals surface area contributed by atoms with Crippen molar-refractivity contribution in [1.82, 2.24) is 4.31 Å². The van der Waals surface area contributed by atoms with E-state index in [2.05, 4.69) is 0 Å². The van der Waals surface area contributed by atoms with Crippen molar-refractivity contribution < 1.29 is 13.2 Å². The van der Waals surface area contributed by atoms with Crippen LogP contribution < -0.4 is 10.5 Å². The van der Waals surface area contributed by atoms with Gasteiger partial charge in [-0.1, -0.05) is 20.3 Å². The normalized spacial score (nSPS) is 13.5. The molecule has 19 heavy (non-hydrogen) atoms. The number of nitrogens with two attached hydrogens (primary N) is 1. The van der Waals surface area contributed by atoms with Crippen LogP contribution in [0, 0.1) is 5.92 Å². The Bertz CT molecular complexity index is 529. The molecule has 0 aliphatic rings. The van der Waals surface area contributed by atoms with Crippen molar-refractivity contribution in [2.75, 3.05) is 26.4 Å². The monoisotopic (exact) mass is 286 g/mol. The number of nitrogen functional groups attached to an aromatic ring is 1. The van der Waals surface area contributed by atoms with Crippen LogP contribution in [0.4, 0.5) is 5.69 Å². The molecule has 1 unspecified atom stereocenters. The van der Waals surface area contributed by atoms with Gasteiger partial charge in [-0.05, 0) is 24.1 Å². The number of hydrogen-bond donors (Lipinski definition) is 1. The molecule has 1 aromatic carbocycles. The first-order valence-corrected chi connectivity index (χ1v) is 7.66. The summed E-state index contributed by atoms with van der Waals surface area (Å²) in [6, 6.07) is 4.51. The zero-order valence-electron chi connectivity index (χ0n) is 11.9. The average Bonchev–Trinajstić information content (AvgIpc) is 2.38. The molecule has 6 heteroatoms. The summed E-state index contributed by atoms with van der Waals surface area (Å²) < 4.78 is 31.1. The minimum atomic E-state index is -3.49. The van der Waals surface area contributed by atoms with Gasteiger partial charge < -0.3 is 10.5 Å². The third-order valence-electron chi connectivity index (χ3n) is 3.18. The Balaban J connectivity index is 3.03. The lowest BCUT2D eigenvalue weighted by Gasteiger charge is -2.20. The molecule has 108 valence electrons. The number of rotatable bonds is 6. The number of nitrogens with zero attached hydrogens (tertiary/aromatic N) is 1. The fourth-order valence-electron chi connectivity index (χ4n) is 1.72. The highest BCUT2D eigenvalue weighted by molar-refractivity contribution is 7.89. The van der Waals surface area contributed by atoms with Gasteiger partial charge in [0.1, 0.15) is 5.75 Å². The third kappa shape index (κ3) is 3.61. The molecule has 1 atom stereocenters. The largest absolute Gasteiger partial charge is 0.495 e. The molecule has 0 amide bonds. The van der Waals surface area contributed by atoms with E-state index in [0.29, 0.717) is 23.9 Å². The van der Waals surface area contributed by atoms with Gasteiger partial charge in [-0.3, -0.25) is 0 Å². The van der Waals surface area contributed by atoms with E-state index in [1.54, 1.807) is 13.1 Å². The van der Waals surface area contributed by atoms with E-state index in [1.807, 2.05) is 13.8 Å². The van der Waals surface area contributed by atoms with Gasteiger partial charge in [0, 0.05) is 13.6 Å². The SMILES string of the molecule is CCC(C)CN(C)S(=O)(=O)c1ccc(OC)c(N)c1. The molecular weight excluding hydrogens is 264 g/mol. The Morgan fingerprint density at radius 1 is 1.42 bits per heavy atom. The lowest BCUT2D eigenvalue weighted by molar-refractivity contribution is 0.393. The molecule has 0 spiro atoms. The standard InChI is InChI=1S/C13H22N2O3S/c1-5-10(2)9-15(3)19(16,17)11-6-7-13(18-4)12(14)8-11/h6-8,10H,5,9,14H2,1-4H3. The first kappa shape index (κ1) is 15.8. The van der Waals surface area contributed by atoms with Gasteiger partial charge >= 0.3 is 0 Å². The summed E-state index contributed by atoms with van der Waals surface area (Å²) in [5.41, 5.74) is 6.07. The topological polar surface area (TPSA) is 72.6 Å². The van der Waals surface area contributed by atoms with Crippen LogP contribution in [-0.4, -0.2) is 33.4 Å². The predicted octanol–water partition coefficient (Wildman–Crippen LogP) is 1.94. The van der Waals surface area contributed by atoms with Gasteiger partial charge in [-0.2, -0.15) is 0 Å². The van der Waals surface area contributed by atoms with Crippen LogP contribution in [0.5, 0.6) is 5.75 Å². The third-order valence-corrected chi connectivity index (χ3v) is 4.99. The summed E-state index contributed by atoms with van der Waals surface area (Å²) >= 11 is 0. The molecule has 0 aliphatic heterocycles. The first-order chi connectivity index (χ1) is 8.82. The van der Waals surface area contributed by atoms with Crippen LogP contribution in [0.15, 0.2) is 23.1 Å². The molecule has 0 saturated heterocycles. The van der Waals surface area contributed by atoms with Gasteiger partial charge in [0.2, 0.25) is 10.0 Å². The molecular formula is C13H22N2O3S. The summed E-state index contributed by atoms with van der Waals surface area (Å²) in [4.78, 5) is 0.191. The number of anilines is 1. The second-order valence-corrected chi connectivity index (χ2v) is 6.75. The van der Waals surface area contributed by atoms with Crippen LogP contribution >= 0.6 is 0 Å². The van der Waals surface area contributed by atoms with Crippen LogP contribution in [-0.2, 0) is 10.0 Å². The van der Waals surface area contributed by atoms with E-state index in [1.165, 1.54) is 23.5 Å². The minimum Gasteiger partial charge on any atom is -0.495 e. The maximum Gasteiger partial charge on any atom is 0.242 e. The molecule has 0 aromatic heterocycles. The summed E-state index contributed by atoms with van der Waals surface area (Å²) in [7, 11) is -0.414. The van der Waals surface area contributed by atoms with E-state index in [0.717, 1.165) is 6.42 Å². The van der Waals surface area contributed by atoms with Crippen LogP contribution in [0.25, 0.3) is 0 Å². The summed E-state index contributed by atoms with van der Waals surface area (Å²) in [5, 5.41) is 0. The van der Waals surface area contributed by atoms with Crippen LogP contribution in [0.1, 0.15) is 20.3 Å². The Kier molecular flexibility index (Phi) is 5.20. The van der Waals surface area contributed by atoms with Crippen molar-refractivity contribution in [2.24, 2.45) is 5.92 Å². The first-order valence-electron chi connectivity index (χ1n) is 6.22. The fourth-order valence-corrected chi connectivity index (χ4v) is 3.05. The predicted molar refractivity (Wildman–Crippen MR) is 76.7 cm³/mol. The smallest absolute Gasteiger partial charge is 0.242 e. The van der Waals surface area contributed by atoms with E-state index in [-0.39, 0.29) is 4.90 Å². The highest BCUT2D eigenvalue weighted by atomic mass is 32.2. The van der Waals surface area contributed by atoms with Crippen LogP contribution in [0.3, 0.4) is 0 Å². The van der Waals surface area contributed by atoms with Crippen molar-refractivity contribution in [3.05, 3.63) is 18.2 Å². The average molecular weight is 286 g/mol. The minimum absolute atomic E-state index is 0.191. The Morgan fingerprint density at radius 3 is 2.53 bits per heavy atom. The summed E-state index contributed by atoms with van der Waals surface area (Å²) in [6.45, 7) is 4.55. The van der Waals surface area contributed by atoms with E-state index in [4.69, 9.17) is 10.5 Å². The molecule has 0 heterocycles. The Hall–Kier alpha value is -1.27. The molecule has 0 aliphatic carbocycles. The van der Waals surface area contributed by atoms with Gasteiger partial charge in [-0.25, -0.2) is 12.7 Å². The lowest BCUT2D eigenvalue weighted by atomic mass is 10.1. The van der Waals surface area contributed by atoms with Crippen molar-refractivity contribution in [3.63, 3.8) is 0 Å². The van der Waals surface area contributed by atoms with Crippen LogP contribution in [0.2, 0.25) is 0 Å². The number of benzene rings is 1. The Morgan fingerprint density at radius 2 is 2.05 bits per heavy atom. The number of sulfonamides is 1. The Labute approximate surface area is 115 Å². The molecule has 1 rings (SSSR count). The number of hydrogen-bond acceptors (Lipinski definition) is 4. The van der Waals surface area contributed by atoms with Gasteiger partial charge in [0.15, 0.2) is 0 Å². The highest BCUT2D eigenvalue weighted by Crippen LogP contribution is 2.26. The molecule has 0 radical (unpaired) electrons. The van der Waals surface area contributed by atoms with Gasteiger partial charge in [-0.15, -0.1) is 0 Å². The zero-order chi connectivity index (χ0) is 14.6. The summed E-state index contributed by atoms with van der Waals surface area (Å²) in [5.74, 6) is 0.791. The van der Waals surface area contributed by atoms with Gasteiger partial charge in [0.05, 0.1) is 17.7 Å². The molecule has 0 fully saturated rings. The number of methoxy groups -OCH3 is 1. The van der Waals surface area contributed by atoms with Crippen molar-refractivity contribution in [1.29, 1.82) is 0 Å². The molecule has 1 aromatic rings. The van der Waals surface area contributed by atoms with Crippen molar-refractivity contribution in [2.45, 2.75) is 25.2 Å². The highest BCUT2D eigenvalue weighted by Gasteiger charge is 2.22. The molecule has 0 saturated carbocycles. The molecule has 0 bridgehead atoms. The fraction of sp³-hybridized carbons (Fsp3) is 0.538. The maximum atomic E-state index is 12.4. The lowest BCUT2D eigenvalue weighted by Crippen LogP contribution is -2.31. The van der Waals surface area contributed by atoms with E-state index in [9.17, 15) is 8.42 Å². The molecule has 2 N–H and O–H groups in total. The summed E-state index contributed by atoms with van der Waals surface area (Å²) in [6.07, 6.45) is 0.935. The van der Waals surface area contributed by atoms with E-state index >= 15 is 0 Å². The van der Waals surface area contributed by atoms with Gasteiger partial charge in [0.25, 0.3) is 0 Å².